The number of aromatic amines is 1. The maximum atomic E-state index is 11.9. The van der Waals surface area contributed by atoms with Crippen LogP contribution in [-0.2, 0) is 4.79 Å². The number of rotatable bonds is 2. The van der Waals surface area contributed by atoms with Gasteiger partial charge >= 0.3 is 0 Å². The maximum Gasteiger partial charge on any atom is 0.266 e. The van der Waals surface area contributed by atoms with E-state index in [1.807, 2.05) is 57.2 Å². The van der Waals surface area contributed by atoms with Gasteiger partial charge in [-0.25, -0.2) is 0 Å². The van der Waals surface area contributed by atoms with E-state index < -0.39 is 5.41 Å². The van der Waals surface area contributed by atoms with Crippen molar-refractivity contribution in [2.24, 2.45) is 5.41 Å². The molecule has 3 nitrogen and oxygen atoms in total. The van der Waals surface area contributed by atoms with E-state index in [2.05, 4.69) is 4.98 Å². The number of hydrogen-bond donors (Lipinski definition) is 1. The van der Waals surface area contributed by atoms with Crippen LogP contribution in [0.5, 0.6) is 0 Å². The van der Waals surface area contributed by atoms with Gasteiger partial charge in [0.25, 0.3) is 5.56 Å². The van der Waals surface area contributed by atoms with Crippen molar-refractivity contribution in [1.82, 2.24) is 4.98 Å². The summed E-state index contributed by atoms with van der Waals surface area (Å²) in [5.74, 6) is 0.00117. The highest BCUT2D eigenvalue weighted by Gasteiger charge is 2.18. The Balaban J connectivity index is 2.46. The summed E-state index contributed by atoms with van der Waals surface area (Å²) in [5.41, 5.74) is 0.366. The molecule has 0 fully saturated rings. The van der Waals surface area contributed by atoms with Crippen molar-refractivity contribution >= 4 is 29.3 Å². The molecule has 2 aromatic rings. The fourth-order valence-corrected chi connectivity index (χ4v) is 2.45. The van der Waals surface area contributed by atoms with Crippen LogP contribution >= 0.6 is 11.3 Å². The lowest BCUT2D eigenvalue weighted by molar-refractivity contribution is -0.119. The first kappa shape index (κ1) is 14.5. The van der Waals surface area contributed by atoms with E-state index in [0.717, 1.165) is 5.56 Å². The standard InChI is InChI=1S/C16H17NO2S/c1-16(2,3)13(18)10-14-17-15(19)12(20-14)9-11-7-5-4-6-8-11/h4-10H,1-3H3,(H,17,19)/b12-9-,14-10+. The lowest BCUT2D eigenvalue weighted by atomic mass is 9.91. The van der Waals surface area contributed by atoms with Crippen molar-refractivity contribution in [3.05, 3.63) is 55.4 Å². The van der Waals surface area contributed by atoms with Crippen LogP contribution in [0.2, 0.25) is 0 Å². The van der Waals surface area contributed by atoms with Gasteiger partial charge in [0, 0.05) is 11.5 Å². The second-order valence-corrected chi connectivity index (χ2v) is 6.68. The molecule has 0 saturated heterocycles. The minimum atomic E-state index is -0.440. The molecule has 1 N–H and O–H groups in total. The highest BCUT2D eigenvalue weighted by Crippen LogP contribution is 2.14. The zero-order valence-electron chi connectivity index (χ0n) is 11.8. The van der Waals surface area contributed by atoms with Crippen molar-refractivity contribution in [2.75, 3.05) is 0 Å². The minimum Gasteiger partial charge on any atom is -0.313 e. The molecule has 0 spiro atoms. The molecule has 0 amide bonds. The quantitative estimate of drug-likeness (QED) is 0.913. The highest BCUT2D eigenvalue weighted by molar-refractivity contribution is 7.07. The van der Waals surface area contributed by atoms with Crippen LogP contribution in [0.15, 0.2) is 35.1 Å². The number of aromatic nitrogens is 1. The zero-order valence-corrected chi connectivity index (χ0v) is 12.6. The smallest absolute Gasteiger partial charge is 0.266 e. The van der Waals surface area contributed by atoms with Crippen LogP contribution < -0.4 is 14.8 Å². The molecule has 2 rings (SSSR count). The Labute approximate surface area is 121 Å². The SMILES string of the molecule is CC(C)(C)C(=O)/C=c1\[nH]c(=O)/c(=C/c2ccccc2)s1. The number of nitrogens with one attached hydrogen (secondary N) is 1. The summed E-state index contributed by atoms with van der Waals surface area (Å²) in [6.45, 7) is 5.57. The first-order valence-corrected chi connectivity index (χ1v) is 7.20. The number of carbonyl (C=O) groups excluding carboxylic acids is 1. The van der Waals surface area contributed by atoms with Gasteiger partial charge in [-0.05, 0) is 11.6 Å². The van der Waals surface area contributed by atoms with Crippen molar-refractivity contribution in [3.8, 4) is 0 Å². The molecular weight excluding hydrogens is 270 g/mol. The molecular formula is C16H17NO2S. The summed E-state index contributed by atoms with van der Waals surface area (Å²) in [5, 5.41) is 0. The number of carbonyl (C=O) groups is 1. The molecule has 0 radical (unpaired) electrons. The topological polar surface area (TPSA) is 49.9 Å². The van der Waals surface area contributed by atoms with Crippen LogP contribution in [0.3, 0.4) is 0 Å². The third-order valence-corrected chi connectivity index (χ3v) is 3.74. The monoisotopic (exact) mass is 287 g/mol. The van der Waals surface area contributed by atoms with Gasteiger partial charge in [0.05, 0.1) is 9.20 Å². The molecule has 20 heavy (non-hydrogen) atoms. The normalized spacial score (nSPS) is 13.8. The molecule has 0 saturated carbocycles. The first-order chi connectivity index (χ1) is 9.36. The van der Waals surface area contributed by atoms with Gasteiger partial charge in [-0.1, -0.05) is 51.1 Å². The summed E-state index contributed by atoms with van der Waals surface area (Å²) in [7, 11) is 0. The van der Waals surface area contributed by atoms with E-state index in [-0.39, 0.29) is 11.3 Å². The molecule has 1 aromatic carbocycles. The van der Waals surface area contributed by atoms with Gasteiger partial charge < -0.3 is 4.98 Å². The number of Topliss-reactive ketones (excluding diaryl/α,β-unsaturated/α-hetero) is 1. The van der Waals surface area contributed by atoms with E-state index >= 15 is 0 Å². The molecule has 0 aliphatic carbocycles. The zero-order chi connectivity index (χ0) is 14.8. The molecule has 0 atom stereocenters. The third-order valence-electron chi connectivity index (χ3n) is 2.78. The predicted octanol–water partition coefficient (Wildman–Crippen LogP) is 1.66. The first-order valence-electron chi connectivity index (χ1n) is 6.38. The molecule has 0 bridgehead atoms. The van der Waals surface area contributed by atoms with Gasteiger partial charge in [0.15, 0.2) is 5.78 Å². The Bertz CT molecular complexity index is 776. The van der Waals surface area contributed by atoms with Crippen molar-refractivity contribution in [1.29, 1.82) is 0 Å². The molecule has 1 aromatic heterocycles. The Morgan fingerprint density at radius 3 is 2.45 bits per heavy atom. The second-order valence-electron chi connectivity index (χ2n) is 5.60. The average Bonchev–Trinajstić information content (AvgIpc) is 2.70. The third kappa shape index (κ3) is 3.54. The van der Waals surface area contributed by atoms with E-state index in [4.69, 9.17) is 0 Å². The van der Waals surface area contributed by atoms with E-state index in [1.54, 1.807) is 0 Å². The van der Waals surface area contributed by atoms with Crippen molar-refractivity contribution < 1.29 is 4.79 Å². The van der Waals surface area contributed by atoms with Crippen LogP contribution in [0.25, 0.3) is 12.2 Å². The molecule has 0 aliphatic heterocycles. The van der Waals surface area contributed by atoms with Crippen LogP contribution in [-0.4, -0.2) is 10.8 Å². The van der Waals surface area contributed by atoms with E-state index in [1.165, 1.54) is 17.4 Å². The number of ketones is 1. The fourth-order valence-electron chi connectivity index (χ4n) is 1.56. The number of H-pyrrole nitrogens is 1. The number of thiazole rings is 1. The summed E-state index contributed by atoms with van der Waals surface area (Å²) >= 11 is 1.30. The second kappa shape index (κ2) is 5.59. The summed E-state index contributed by atoms with van der Waals surface area (Å²) in [4.78, 5) is 26.5. The average molecular weight is 287 g/mol. The number of benzene rings is 1. The van der Waals surface area contributed by atoms with Crippen molar-refractivity contribution in [3.63, 3.8) is 0 Å². The molecule has 4 heteroatoms. The molecule has 1 heterocycles. The van der Waals surface area contributed by atoms with Crippen LogP contribution in [0.4, 0.5) is 0 Å². The predicted molar refractivity (Wildman–Crippen MR) is 83.1 cm³/mol. The lowest BCUT2D eigenvalue weighted by Crippen LogP contribution is -2.22. The Morgan fingerprint density at radius 2 is 1.85 bits per heavy atom. The molecule has 104 valence electrons. The van der Waals surface area contributed by atoms with Gasteiger partial charge in [0.2, 0.25) is 0 Å². The van der Waals surface area contributed by atoms with E-state index in [9.17, 15) is 9.59 Å². The number of hydrogen-bond acceptors (Lipinski definition) is 3. The molecule has 0 unspecified atom stereocenters. The summed E-state index contributed by atoms with van der Waals surface area (Å²) in [6, 6.07) is 9.64. The molecule has 0 aliphatic rings. The fraction of sp³-hybridized carbons (Fsp3) is 0.250. The lowest BCUT2D eigenvalue weighted by Gasteiger charge is -2.12. The van der Waals surface area contributed by atoms with Gasteiger partial charge in [-0.2, -0.15) is 0 Å². The van der Waals surface area contributed by atoms with Crippen LogP contribution in [0.1, 0.15) is 26.3 Å². The summed E-state index contributed by atoms with van der Waals surface area (Å²) in [6.07, 6.45) is 3.33. The van der Waals surface area contributed by atoms with Gasteiger partial charge in [-0.15, -0.1) is 11.3 Å². The van der Waals surface area contributed by atoms with Crippen molar-refractivity contribution in [2.45, 2.75) is 20.8 Å². The van der Waals surface area contributed by atoms with Crippen LogP contribution in [0, 0.1) is 5.41 Å². The highest BCUT2D eigenvalue weighted by atomic mass is 32.1. The van der Waals surface area contributed by atoms with Gasteiger partial charge in [0.1, 0.15) is 0 Å². The van der Waals surface area contributed by atoms with Gasteiger partial charge in [-0.3, -0.25) is 9.59 Å². The minimum absolute atomic E-state index is 0.00117. The Morgan fingerprint density at radius 1 is 1.20 bits per heavy atom. The summed E-state index contributed by atoms with van der Waals surface area (Å²) < 4.78 is 1.20. The largest absolute Gasteiger partial charge is 0.313 e. The van der Waals surface area contributed by atoms with E-state index in [0.29, 0.717) is 9.20 Å². The maximum absolute atomic E-state index is 11.9. The Kier molecular flexibility index (Phi) is 4.04. The Hall–Kier alpha value is -1.94.